The van der Waals surface area contributed by atoms with Crippen molar-refractivity contribution in [2.75, 3.05) is 24.6 Å². The van der Waals surface area contributed by atoms with Crippen molar-refractivity contribution in [1.82, 2.24) is 4.90 Å². The SMILES string of the molecule is CC1=CCCN(C(=O)c2cc(N)cc(N)c2)C1. The molecule has 0 fully saturated rings. The van der Waals surface area contributed by atoms with Gasteiger partial charge in [-0.05, 0) is 31.5 Å². The normalized spacial score (nSPS) is 15.6. The highest BCUT2D eigenvalue weighted by Crippen LogP contribution is 2.18. The lowest BCUT2D eigenvalue weighted by Crippen LogP contribution is -2.35. The lowest BCUT2D eigenvalue weighted by molar-refractivity contribution is 0.0766. The molecule has 4 heteroatoms. The standard InChI is InChI=1S/C13H17N3O/c1-9-3-2-4-16(8-9)13(17)10-5-11(14)7-12(15)6-10/h3,5-7H,2,4,8,14-15H2,1H3. The first-order valence-corrected chi connectivity index (χ1v) is 5.67. The number of nitrogen functional groups attached to an aromatic ring is 2. The smallest absolute Gasteiger partial charge is 0.254 e. The van der Waals surface area contributed by atoms with Crippen LogP contribution in [0.2, 0.25) is 0 Å². The average molecular weight is 231 g/mol. The number of amides is 1. The van der Waals surface area contributed by atoms with Crippen molar-refractivity contribution in [3.05, 3.63) is 35.4 Å². The van der Waals surface area contributed by atoms with Crippen LogP contribution < -0.4 is 11.5 Å². The number of hydrogen-bond acceptors (Lipinski definition) is 3. The predicted molar refractivity (Wildman–Crippen MR) is 69.5 cm³/mol. The fourth-order valence-corrected chi connectivity index (χ4v) is 2.07. The minimum atomic E-state index is -0.00329. The summed E-state index contributed by atoms with van der Waals surface area (Å²) in [6.45, 7) is 3.48. The Balaban J connectivity index is 2.22. The highest BCUT2D eigenvalue weighted by Gasteiger charge is 2.18. The zero-order chi connectivity index (χ0) is 12.4. The highest BCUT2D eigenvalue weighted by molar-refractivity contribution is 5.96. The van der Waals surface area contributed by atoms with E-state index in [9.17, 15) is 4.79 Å². The van der Waals surface area contributed by atoms with E-state index in [4.69, 9.17) is 11.5 Å². The largest absolute Gasteiger partial charge is 0.399 e. The van der Waals surface area contributed by atoms with Crippen molar-refractivity contribution in [2.45, 2.75) is 13.3 Å². The van der Waals surface area contributed by atoms with Crippen LogP contribution in [0.5, 0.6) is 0 Å². The van der Waals surface area contributed by atoms with Crippen LogP contribution in [0.3, 0.4) is 0 Å². The number of carbonyl (C=O) groups excluding carboxylic acids is 1. The molecule has 1 amide bonds. The number of nitrogens with zero attached hydrogens (tertiary/aromatic N) is 1. The molecule has 0 radical (unpaired) electrons. The van der Waals surface area contributed by atoms with Gasteiger partial charge in [0.05, 0.1) is 0 Å². The maximum absolute atomic E-state index is 12.2. The summed E-state index contributed by atoms with van der Waals surface area (Å²) in [6, 6.07) is 5.00. The molecule has 0 unspecified atom stereocenters. The van der Waals surface area contributed by atoms with Crippen molar-refractivity contribution < 1.29 is 4.79 Å². The molecule has 0 saturated heterocycles. The predicted octanol–water partition coefficient (Wildman–Crippen LogP) is 1.64. The van der Waals surface area contributed by atoms with E-state index in [0.29, 0.717) is 23.5 Å². The first kappa shape index (κ1) is 11.5. The number of benzene rings is 1. The molecular weight excluding hydrogens is 214 g/mol. The Morgan fingerprint density at radius 2 is 1.88 bits per heavy atom. The van der Waals surface area contributed by atoms with Crippen LogP contribution in [0, 0.1) is 0 Å². The number of rotatable bonds is 1. The van der Waals surface area contributed by atoms with Gasteiger partial charge in [0.1, 0.15) is 0 Å². The monoisotopic (exact) mass is 231 g/mol. The van der Waals surface area contributed by atoms with E-state index in [0.717, 1.165) is 13.0 Å². The summed E-state index contributed by atoms with van der Waals surface area (Å²) in [4.78, 5) is 14.1. The molecular formula is C13H17N3O. The van der Waals surface area contributed by atoms with Crippen molar-refractivity contribution in [3.63, 3.8) is 0 Å². The van der Waals surface area contributed by atoms with Crippen molar-refractivity contribution in [2.24, 2.45) is 0 Å². The molecule has 2 rings (SSSR count). The Morgan fingerprint density at radius 1 is 1.24 bits per heavy atom. The van der Waals surface area contributed by atoms with Crippen LogP contribution in [0.15, 0.2) is 29.8 Å². The quantitative estimate of drug-likeness (QED) is 0.570. The second-order valence-electron chi connectivity index (χ2n) is 4.45. The Hall–Kier alpha value is -1.97. The average Bonchev–Trinajstić information content (AvgIpc) is 2.26. The Kier molecular flexibility index (Phi) is 3.04. The molecule has 4 nitrogen and oxygen atoms in total. The van der Waals surface area contributed by atoms with E-state index in [1.54, 1.807) is 18.2 Å². The summed E-state index contributed by atoms with van der Waals surface area (Å²) in [6.07, 6.45) is 3.08. The third kappa shape index (κ3) is 2.58. The molecule has 1 aliphatic rings. The lowest BCUT2D eigenvalue weighted by atomic mass is 10.1. The molecule has 0 aliphatic carbocycles. The summed E-state index contributed by atoms with van der Waals surface area (Å²) in [5.41, 5.74) is 14.2. The molecule has 0 aromatic heterocycles. The summed E-state index contributed by atoms with van der Waals surface area (Å²) in [5.74, 6) is -0.00329. The van der Waals surface area contributed by atoms with Gasteiger partial charge >= 0.3 is 0 Å². The van der Waals surface area contributed by atoms with Crippen LogP contribution in [-0.4, -0.2) is 23.9 Å². The van der Waals surface area contributed by atoms with Gasteiger partial charge < -0.3 is 16.4 Å². The number of anilines is 2. The number of hydrogen-bond donors (Lipinski definition) is 2. The zero-order valence-corrected chi connectivity index (χ0v) is 9.94. The molecule has 0 saturated carbocycles. The second-order valence-corrected chi connectivity index (χ2v) is 4.45. The van der Waals surface area contributed by atoms with Gasteiger partial charge in [0.2, 0.25) is 0 Å². The van der Waals surface area contributed by atoms with E-state index in [2.05, 4.69) is 6.08 Å². The topological polar surface area (TPSA) is 72.3 Å². The van der Waals surface area contributed by atoms with Gasteiger partial charge in [-0.25, -0.2) is 0 Å². The molecule has 0 spiro atoms. The first-order chi connectivity index (χ1) is 8.06. The van der Waals surface area contributed by atoms with Crippen LogP contribution in [0.4, 0.5) is 11.4 Å². The van der Waals surface area contributed by atoms with Crippen LogP contribution >= 0.6 is 0 Å². The zero-order valence-electron chi connectivity index (χ0n) is 9.94. The van der Waals surface area contributed by atoms with E-state index in [-0.39, 0.29) is 5.91 Å². The van der Waals surface area contributed by atoms with E-state index >= 15 is 0 Å². The summed E-state index contributed by atoms with van der Waals surface area (Å²) < 4.78 is 0. The molecule has 1 aromatic rings. The molecule has 1 aromatic carbocycles. The van der Waals surface area contributed by atoms with Crippen LogP contribution in [0.1, 0.15) is 23.7 Å². The van der Waals surface area contributed by atoms with E-state index in [1.807, 2.05) is 11.8 Å². The summed E-state index contributed by atoms with van der Waals surface area (Å²) >= 11 is 0. The second kappa shape index (κ2) is 4.49. The molecule has 1 aliphatic heterocycles. The fourth-order valence-electron chi connectivity index (χ4n) is 2.07. The van der Waals surface area contributed by atoms with E-state index in [1.165, 1.54) is 5.57 Å². The van der Waals surface area contributed by atoms with Gasteiger partial charge in [-0.1, -0.05) is 11.6 Å². The Morgan fingerprint density at radius 3 is 2.47 bits per heavy atom. The minimum Gasteiger partial charge on any atom is -0.399 e. The van der Waals surface area contributed by atoms with Gasteiger partial charge in [0, 0.05) is 30.0 Å². The lowest BCUT2D eigenvalue weighted by Gasteiger charge is -2.26. The highest BCUT2D eigenvalue weighted by atomic mass is 16.2. The van der Waals surface area contributed by atoms with Gasteiger partial charge in [0.25, 0.3) is 5.91 Å². The third-order valence-electron chi connectivity index (χ3n) is 2.84. The van der Waals surface area contributed by atoms with Crippen LogP contribution in [-0.2, 0) is 0 Å². The molecule has 4 N–H and O–H groups in total. The van der Waals surface area contributed by atoms with Crippen molar-refractivity contribution in [3.8, 4) is 0 Å². The van der Waals surface area contributed by atoms with Crippen LogP contribution in [0.25, 0.3) is 0 Å². The van der Waals surface area contributed by atoms with Crippen molar-refractivity contribution in [1.29, 1.82) is 0 Å². The molecule has 90 valence electrons. The fraction of sp³-hybridized carbons (Fsp3) is 0.308. The maximum atomic E-state index is 12.2. The minimum absolute atomic E-state index is 0.00329. The molecule has 1 heterocycles. The van der Waals surface area contributed by atoms with Gasteiger partial charge in [-0.15, -0.1) is 0 Å². The maximum Gasteiger partial charge on any atom is 0.254 e. The molecule has 0 atom stereocenters. The first-order valence-electron chi connectivity index (χ1n) is 5.67. The molecule has 0 bridgehead atoms. The van der Waals surface area contributed by atoms with E-state index < -0.39 is 0 Å². The Labute approximate surface area is 101 Å². The van der Waals surface area contributed by atoms with Gasteiger partial charge in [-0.2, -0.15) is 0 Å². The third-order valence-corrected chi connectivity index (χ3v) is 2.84. The van der Waals surface area contributed by atoms with Gasteiger partial charge in [-0.3, -0.25) is 4.79 Å². The van der Waals surface area contributed by atoms with Crippen molar-refractivity contribution >= 4 is 17.3 Å². The van der Waals surface area contributed by atoms with Gasteiger partial charge in [0.15, 0.2) is 0 Å². The number of nitrogens with two attached hydrogens (primary N) is 2. The Bertz CT molecular complexity index is 459. The summed E-state index contributed by atoms with van der Waals surface area (Å²) in [5, 5.41) is 0. The summed E-state index contributed by atoms with van der Waals surface area (Å²) in [7, 11) is 0. The number of carbonyl (C=O) groups is 1. The molecule has 17 heavy (non-hydrogen) atoms.